The third kappa shape index (κ3) is 3.46. The van der Waals surface area contributed by atoms with Gasteiger partial charge in [-0.1, -0.05) is 42.5 Å². The maximum Gasteiger partial charge on any atom is 0.226 e. The lowest BCUT2D eigenvalue weighted by molar-refractivity contribution is -0.146. The molecule has 4 aliphatic rings. The molecule has 1 heterocycles. The standard InChI is InChI=1S/C27H31N3O/c31-26(27-15-20-12-21(16-27)14-22(13-20)17-27)28-18-25-29-23-8-4-5-9-24(23)30(25)11-10-19-6-2-1-3-7-19/h1-9,20-22H,10-18H2,(H,28,31). The molecule has 7 rings (SSSR count). The van der Waals surface area contributed by atoms with Crippen molar-refractivity contribution in [2.75, 3.05) is 0 Å². The minimum absolute atomic E-state index is 0.102. The molecule has 0 saturated heterocycles. The number of amides is 1. The summed E-state index contributed by atoms with van der Waals surface area (Å²) in [7, 11) is 0. The molecular formula is C27H31N3O. The minimum atomic E-state index is -0.102. The molecule has 4 saturated carbocycles. The second-order valence-corrected chi connectivity index (χ2v) is 10.3. The van der Waals surface area contributed by atoms with Gasteiger partial charge in [0.2, 0.25) is 5.91 Å². The Balaban J connectivity index is 1.21. The molecule has 0 radical (unpaired) electrons. The van der Waals surface area contributed by atoms with Crippen LogP contribution in [0.1, 0.15) is 49.9 Å². The van der Waals surface area contributed by atoms with E-state index in [9.17, 15) is 4.79 Å². The predicted molar refractivity (Wildman–Crippen MR) is 122 cm³/mol. The lowest BCUT2D eigenvalue weighted by atomic mass is 9.49. The summed E-state index contributed by atoms with van der Waals surface area (Å²) in [6.45, 7) is 1.39. The summed E-state index contributed by atoms with van der Waals surface area (Å²) < 4.78 is 2.29. The first-order chi connectivity index (χ1) is 15.2. The molecule has 4 heteroatoms. The van der Waals surface area contributed by atoms with Crippen molar-refractivity contribution in [3.63, 3.8) is 0 Å². The number of nitrogens with one attached hydrogen (secondary N) is 1. The number of hydrogen-bond acceptors (Lipinski definition) is 2. The molecule has 1 amide bonds. The number of imidazole rings is 1. The molecule has 2 aromatic carbocycles. The van der Waals surface area contributed by atoms with Crippen molar-refractivity contribution in [1.82, 2.24) is 14.9 Å². The van der Waals surface area contributed by atoms with Crippen LogP contribution in [-0.4, -0.2) is 15.5 Å². The number of carbonyl (C=O) groups excluding carboxylic acids is 1. The van der Waals surface area contributed by atoms with Crippen LogP contribution in [0.15, 0.2) is 54.6 Å². The first-order valence-electron chi connectivity index (χ1n) is 11.9. The van der Waals surface area contributed by atoms with Gasteiger partial charge >= 0.3 is 0 Å². The van der Waals surface area contributed by atoms with E-state index in [2.05, 4.69) is 58.4 Å². The number of aromatic nitrogens is 2. The molecule has 0 spiro atoms. The molecule has 0 unspecified atom stereocenters. The van der Waals surface area contributed by atoms with Crippen LogP contribution < -0.4 is 5.32 Å². The third-order valence-corrected chi connectivity index (χ3v) is 8.13. The van der Waals surface area contributed by atoms with Crippen LogP contribution in [-0.2, 0) is 24.3 Å². The van der Waals surface area contributed by atoms with Crippen molar-refractivity contribution in [2.24, 2.45) is 23.2 Å². The zero-order chi connectivity index (χ0) is 20.8. The average molecular weight is 414 g/mol. The molecule has 1 N–H and O–H groups in total. The minimum Gasteiger partial charge on any atom is -0.348 e. The van der Waals surface area contributed by atoms with Crippen molar-refractivity contribution in [1.29, 1.82) is 0 Å². The summed E-state index contributed by atoms with van der Waals surface area (Å²) in [5.74, 6) is 3.61. The van der Waals surface area contributed by atoms with Crippen molar-refractivity contribution in [3.05, 3.63) is 66.0 Å². The summed E-state index contributed by atoms with van der Waals surface area (Å²) in [4.78, 5) is 18.3. The summed E-state index contributed by atoms with van der Waals surface area (Å²) >= 11 is 0. The number of aryl methyl sites for hydroxylation is 2. The van der Waals surface area contributed by atoms with Gasteiger partial charge in [-0.3, -0.25) is 4.79 Å². The van der Waals surface area contributed by atoms with Gasteiger partial charge in [0.05, 0.1) is 17.6 Å². The van der Waals surface area contributed by atoms with E-state index in [1.165, 1.54) is 24.8 Å². The molecule has 4 bridgehead atoms. The van der Waals surface area contributed by atoms with Crippen molar-refractivity contribution >= 4 is 16.9 Å². The van der Waals surface area contributed by atoms with E-state index in [1.54, 1.807) is 0 Å². The summed E-state index contributed by atoms with van der Waals surface area (Å²) in [6, 6.07) is 18.9. The molecule has 31 heavy (non-hydrogen) atoms. The number of fused-ring (bicyclic) bond motifs is 1. The number of rotatable bonds is 6. The smallest absolute Gasteiger partial charge is 0.226 e. The van der Waals surface area contributed by atoms with E-state index in [0.29, 0.717) is 6.54 Å². The monoisotopic (exact) mass is 413 g/mol. The summed E-state index contributed by atoms with van der Waals surface area (Å²) in [5.41, 5.74) is 3.38. The van der Waals surface area contributed by atoms with Gasteiger partial charge in [-0.05, 0) is 80.4 Å². The van der Waals surface area contributed by atoms with Gasteiger partial charge in [0.25, 0.3) is 0 Å². The third-order valence-electron chi connectivity index (χ3n) is 8.13. The fourth-order valence-electron chi connectivity index (χ4n) is 7.13. The summed E-state index contributed by atoms with van der Waals surface area (Å²) in [5, 5.41) is 3.33. The predicted octanol–water partition coefficient (Wildman–Crippen LogP) is 5.11. The van der Waals surface area contributed by atoms with Gasteiger partial charge in [0.1, 0.15) is 5.82 Å². The zero-order valence-corrected chi connectivity index (χ0v) is 18.1. The maximum atomic E-state index is 13.4. The van der Waals surface area contributed by atoms with Gasteiger partial charge in [-0.15, -0.1) is 0 Å². The Bertz CT molecular complexity index is 1060. The average Bonchev–Trinajstić information content (AvgIpc) is 3.13. The SMILES string of the molecule is O=C(NCc1nc2ccccc2n1CCc1ccccc1)C12CC3CC(CC(C3)C1)C2. The Morgan fingerprint density at radius 1 is 0.935 bits per heavy atom. The second kappa shape index (κ2) is 7.51. The first-order valence-corrected chi connectivity index (χ1v) is 11.9. The van der Waals surface area contributed by atoms with E-state index in [0.717, 1.165) is 66.8 Å². The Hall–Kier alpha value is -2.62. The fourth-order valence-corrected chi connectivity index (χ4v) is 7.13. The highest BCUT2D eigenvalue weighted by Gasteiger charge is 2.54. The van der Waals surface area contributed by atoms with Crippen LogP contribution in [0.5, 0.6) is 0 Å². The topological polar surface area (TPSA) is 46.9 Å². The Kier molecular flexibility index (Phi) is 4.62. The Labute approximate surface area is 184 Å². The Morgan fingerprint density at radius 2 is 1.58 bits per heavy atom. The van der Waals surface area contributed by atoms with E-state index in [1.807, 2.05) is 6.07 Å². The number of nitrogens with zero attached hydrogens (tertiary/aromatic N) is 2. The lowest BCUT2D eigenvalue weighted by Crippen LogP contribution is -2.53. The van der Waals surface area contributed by atoms with E-state index in [4.69, 9.17) is 4.98 Å². The van der Waals surface area contributed by atoms with Crippen molar-refractivity contribution in [3.8, 4) is 0 Å². The second-order valence-electron chi connectivity index (χ2n) is 10.3. The quantitative estimate of drug-likeness (QED) is 0.610. The molecule has 4 aliphatic carbocycles. The molecular weight excluding hydrogens is 382 g/mol. The first kappa shape index (κ1) is 19.1. The molecule has 4 fully saturated rings. The van der Waals surface area contributed by atoms with Crippen molar-refractivity contribution in [2.45, 2.75) is 58.0 Å². The van der Waals surface area contributed by atoms with Gasteiger partial charge < -0.3 is 9.88 Å². The molecule has 1 aromatic heterocycles. The number of para-hydroxylation sites is 2. The van der Waals surface area contributed by atoms with Crippen LogP contribution in [0.4, 0.5) is 0 Å². The largest absolute Gasteiger partial charge is 0.348 e. The van der Waals surface area contributed by atoms with Gasteiger partial charge in [0, 0.05) is 12.0 Å². The van der Waals surface area contributed by atoms with E-state index in [-0.39, 0.29) is 11.3 Å². The van der Waals surface area contributed by atoms with Gasteiger partial charge in [0.15, 0.2) is 0 Å². The van der Waals surface area contributed by atoms with E-state index >= 15 is 0 Å². The maximum absolute atomic E-state index is 13.4. The highest BCUT2D eigenvalue weighted by molar-refractivity contribution is 5.83. The molecule has 4 nitrogen and oxygen atoms in total. The highest BCUT2D eigenvalue weighted by Crippen LogP contribution is 2.60. The lowest BCUT2D eigenvalue weighted by Gasteiger charge is -2.55. The van der Waals surface area contributed by atoms with Gasteiger partial charge in [-0.25, -0.2) is 4.98 Å². The number of hydrogen-bond donors (Lipinski definition) is 1. The van der Waals surface area contributed by atoms with Crippen LogP contribution in [0.3, 0.4) is 0 Å². The van der Waals surface area contributed by atoms with Gasteiger partial charge in [-0.2, -0.15) is 0 Å². The number of benzene rings is 2. The Morgan fingerprint density at radius 3 is 2.29 bits per heavy atom. The number of carbonyl (C=O) groups is 1. The summed E-state index contributed by atoms with van der Waals surface area (Å²) in [6.07, 6.45) is 8.36. The normalized spacial score (nSPS) is 28.8. The fraction of sp³-hybridized carbons (Fsp3) is 0.481. The van der Waals surface area contributed by atoms with Crippen LogP contribution in [0, 0.1) is 23.2 Å². The van der Waals surface area contributed by atoms with Crippen LogP contribution in [0.2, 0.25) is 0 Å². The molecule has 0 atom stereocenters. The zero-order valence-electron chi connectivity index (χ0n) is 18.1. The van der Waals surface area contributed by atoms with Crippen molar-refractivity contribution < 1.29 is 4.79 Å². The molecule has 0 aliphatic heterocycles. The molecule has 3 aromatic rings. The molecule has 160 valence electrons. The van der Waals surface area contributed by atoms with E-state index < -0.39 is 0 Å². The van der Waals surface area contributed by atoms with Crippen LogP contribution >= 0.6 is 0 Å². The highest BCUT2D eigenvalue weighted by atomic mass is 16.2. The van der Waals surface area contributed by atoms with Crippen LogP contribution in [0.25, 0.3) is 11.0 Å².